The van der Waals surface area contributed by atoms with Crippen molar-refractivity contribution in [3.63, 3.8) is 0 Å². The lowest BCUT2D eigenvalue weighted by Crippen LogP contribution is -2.11. The first kappa shape index (κ1) is 19.4. The van der Waals surface area contributed by atoms with Crippen LogP contribution in [0.25, 0.3) is 22.3 Å². The summed E-state index contributed by atoms with van der Waals surface area (Å²) < 4.78 is 7.71. The number of fused-ring (bicyclic) bond motifs is 1. The second-order valence-electron chi connectivity index (χ2n) is 6.92. The van der Waals surface area contributed by atoms with E-state index in [1.165, 1.54) is 0 Å². The van der Waals surface area contributed by atoms with Crippen molar-refractivity contribution in [3.8, 4) is 17.1 Å². The van der Waals surface area contributed by atoms with Crippen LogP contribution in [0.5, 0.6) is 5.88 Å². The number of nitrogens with zero attached hydrogens (tertiary/aromatic N) is 3. The summed E-state index contributed by atoms with van der Waals surface area (Å²) >= 11 is 0. The van der Waals surface area contributed by atoms with Crippen LogP contribution in [0.2, 0.25) is 0 Å². The van der Waals surface area contributed by atoms with Crippen LogP contribution in [0, 0.1) is 13.8 Å². The Hall–Kier alpha value is -2.40. The van der Waals surface area contributed by atoms with Gasteiger partial charge in [0.25, 0.3) is 0 Å². The summed E-state index contributed by atoms with van der Waals surface area (Å²) in [6, 6.07) is 6.23. The van der Waals surface area contributed by atoms with Crippen LogP contribution in [-0.2, 0) is 6.42 Å². The van der Waals surface area contributed by atoms with Crippen LogP contribution in [0.3, 0.4) is 0 Å². The standard InChI is InChI=1S/C22H29N3O2/c1-6-16(13-26)25-12-15(5)22-19(25)11-14(4)21(24-22)17-9-10-20(27-8-3)23-18(17)7-2/h9-12,16,26H,6-8,13H2,1-5H3/t16-/m0/s1. The Morgan fingerprint density at radius 1 is 1.11 bits per heavy atom. The molecule has 27 heavy (non-hydrogen) atoms. The lowest BCUT2D eigenvalue weighted by atomic mass is 10.0. The number of aromatic nitrogens is 3. The SMILES string of the molecule is CCOc1ccc(-c2nc3c(C)cn([C@@H](CC)CO)c3cc2C)c(CC)n1. The van der Waals surface area contributed by atoms with Gasteiger partial charge in [0.05, 0.1) is 41.7 Å². The molecule has 3 aromatic rings. The Morgan fingerprint density at radius 2 is 1.89 bits per heavy atom. The van der Waals surface area contributed by atoms with E-state index in [9.17, 15) is 5.11 Å². The van der Waals surface area contributed by atoms with Crippen molar-refractivity contribution < 1.29 is 9.84 Å². The van der Waals surface area contributed by atoms with E-state index in [4.69, 9.17) is 9.72 Å². The van der Waals surface area contributed by atoms with Crippen molar-refractivity contribution in [1.29, 1.82) is 0 Å². The zero-order chi connectivity index (χ0) is 19.6. The first-order valence-corrected chi connectivity index (χ1v) is 9.76. The highest BCUT2D eigenvalue weighted by atomic mass is 16.5. The highest BCUT2D eigenvalue weighted by Gasteiger charge is 2.18. The van der Waals surface area contributed by atoms with Crippen LogP contribution in [-0.4, -0.2) is 32.9 Å². The van der Waals surface area contributed by atoms with E-state index in [-0.39, 0.29) is 12.6 Å². The highest BCUT2D eigenvalue weighted by molar-refractivity contribution is 5.84. The molecule has 0 aromatic carbocycles. The van der Waals surface area contributed by atoms with Crippen molar-refractivity contribution in [2.75, 3.05) is 13.2 Å². The Bertz CT molecular complexity index is 942. The molecule has 0 unspecified atom stereocenters. The fourth-order valence-electron chi connectivity index (χ4n) is 3.61. The molecule has 0 aliphatic rings. The molecule has 0 fully saturated rings. The first-order valence-electron chi connectivity index (χ1n) is 9.76. The molecular formula is C22H29N3O2. The Labute approximate surface area is 161 Å². The topological polar surface area (TPSA) is 60.2 Å². The van der Waals surface area contributed by atoms with E-state index in [0.717, 1.165) is 52.0 Å². The van der Waals surface area contributed by atoms with Gasteiger partial charge in [0.15, 0.2) is 0 Å². The van der Waals surface area contributed by atoms with E-state index in [2.05, 4.69) is 55.6 Å². The van der Waals surface area contributed by atoms with E-state index in [0.29, 0.717) is 12.5 Å². The van der Waals surface area contributed by atoms with Gasteiger partial charge in [0, 0.05) is 17.8 Å². The van der Waals surface area contributed by atoms with Gasteiger partial charge >= 0.3 is 0 Å². The predicted octanol–water partition coefficient (Wildman–Crippen LogP) is 4.62. The fourth-order valence-corrected chi connectivity index (χ4v) is 3.61. The zero-order valence-electron chi connectivity index (χ0n) is 16.9. The molecule has 3 heterocycles. The third-order valence-corrected chi connectivity index (χ3v) is 5.08. The quantitative estimate of drug-likeness (QED) is 0.662. The zero-order valence-corrected chi connectivity index (χ0v) is 16.9. The molecule has 5 nitrogen and oxygen atoms in total. The van der Waals surface area contributed by atoms with Crippen molar-refractivity contribution >= 4 is 11.0 Å². The van der Waals surface area contributed by atoms with Crippen LogP contribution in [0.15, 0.2) is 24.4 Å². The molecule has 0 spiro atoms. The van der Waals surface area contributed by atoms with Gasteiger partial charge in [-0.15, -0.1) is 0 Å². The van der Waals surface area contributed by atoms with Gasteiger partial charge in [-0.3, -0.25) is 0 Å². The highest BCUT2D eigenvalue weighted by Crippen LogP contribution is 2.32. The Kier molecular flexibility index (Phi) is 5.80. The van der Waals surface area contributed by atoms with Crippen LogP contribution >= 0.6 is 0 Å². The number of aryl methyl sites for hydroxylation is 3. The summed E-state index contributed by atoms with van der Waals surface area (Å²) in [7, 11) is 0. The van der Waals surface area contributed by atoms with Gasteiger partial charge in [-0.2, -0.15) is 0 Å². The van der Waals surface area contributed by atoms with Gasteiger partial charge in [0.2, 0.25) is 5.88 Å². The molecule has 0 aliphatic heterocycles. The molecule has 0 bridgehead atoms. The number of aliphatic hydroxyl groups is 1. The maximum absolute atomic E-state index is 9.73. The summed E-state index contributed by atoms with van der Waals surface area (Å²) in [5, 5.41) is 9.73. The largest absolute Gasteiger partial charge is 0.478 e. The molecule has 0 radical (unpaired) electrons. The van der Waals surface area contributed by atoms with Gasteiger partial charge in [-0.05, 0) is 56.9 Å². The normalized spacial score (nSPS) is 12.5. The molecule has 0 aliphatic carbocycles. The molecule has 0 saturated heterocycles. The molecule has 1 N–H and O–H groups in total. The predicted molar refractivity (Wildman–Crippen MR) is 109 cm³/mol. The van der Waals surface area contributed by atoms with Gasteiger partial charge < -0.3 is 14.4 Å². The molecule has 0 amide bonds. The minimum absolute atomic E-state index is 0.0756. The fraction of sp³-hybridized carbons (Fsp3) is 0.455. The summed E-state index contributed by atoms with van der Waals surface area (Å²) in [6.45, 7) is 11.1. The van der Waals surface area contributed by atoms with Crippen LogP contribution < -0.4 is 4.74 Å². The van der Waals surface area contributed by atoms with Crippen LogP contribution in [0.4, 0.5) is 0 Å². The van der Waals surface area contributed by atoms with Crippen molar-refractivity contribution in [1.82, 2.24) is 14.5 Å². The van der Waals surface area contributed by atoms with E-state index < -0.39 is 0 Å². The van der Waals surface area contributed by atoms with Crippen molar-refractivity contribution in [2.24, 2.45) is 0 Å². The number of aliphatic hydroxyl groups excluding tert-OH is 1. The second-order valence-corrected chi connectivity index (χ2v) is 6.92. The Morgan fingerprint density at radius 3 is 2.52 bits per heavy atom. The number of ether oxygens (including phenoxy) is 1. The third-order valence-electron chi connectivity index (χ3n) is 5.08. The van der Waals surface area contributed by atoms with Gasteiger partial charge in [-0.1, -0.05) is 13.8 Å². The van der Waals surface area contributed by atoms with Crippen LogP contribution in [0.1, 0.15) is 50.1 Å². The molecule has 3 aromatic heterocycles. The van der Waals surface area contributed by atoms with E-state index in [1.54, 1.807) is 0 Å². The molecule has 0 saturated carbocycles. The summed E-state index contributed by atoms with van der Waals surface area (Å²) in [4.78, 5) is 9.68. The molecule has 5 heteroatoms. The summed E-state index contributed by atoms with van der Waals surface area (Å²) in [6.07, 6.45) is 3.80. The molecule has 3 rings (SSSR count). The average Bonchev–Trinajstić information content (AvgIpc) is 2.98. The van der Waals surface area contributed by atoms with Gasteiger partial charge in [-0.25, -0.2) is 9.97 Å². The third kappa shape index (κ3) is 3.56. The summed E-state index contributed by atoms with van der Waals surface area (Å²) in [5.74, 6) is 0.660. The number of hydrogen-bond acceptors (Lipinski definition) is 4. The number of hydrogen-bond donors (Lipinski definition) is 1. The van der Waals surface area contributed by atoms with Gasteiger partial charge in [0.1, 0.15) is 0 Å². The van der Waals surface area contributed by atoms with Crippen molar-refractivity contribution in [3.05, 3.63) is 41.2 Å². The minimum atomic E-state index is 0.0756. The first-order chi connectivity index (χ1) is 13.0. The molecular weight excluding hydrogens is 338 g/mol. The van der Waals surface area contributed by atoms with Crippen molar-refractivity contribution in [2.45, 2.75) is 53.5 Å². The minimum Gasteiger partial charge on any atom is -0.478 e. The maximum atomic E-state index is 9.73. The average molecular weight is 367 g/mol. The van der Waals surface area contributed by atoms with E-state index in [1.807, 2.05) is 13.0 Å². The Balaban J connectivity index is 2.17. The monoisotopic (exact) mass is 367 g/mol. The molecule has 1 atom stereocenters. The lowest BCUT2D eigenvalue weighted by molar-refractivity contribution is 0.227. The number of rotatable bonds is 7. The molecule has 144 valence electrons. The second kappa shape index (κ2) is 8.09. The number of pyridine rings is 2. The summed E-state index contributed by atoms with van der Waals surface area (Å²) in [5.41, 5.74) is 7.31. The lowest BCUT2D eigenvalue weighted by Gasteiger charge is -2.16. The van der Waals surface area contributed by atoms with E-state index >= 15 is 0 Å². The maximum Gasteiger partial charge on any atom is 0.213 e. The smallest absolute Gasteiger partial charge is 0.213 e.